The Balaban J connectivity index is 2.43. The van der Waals surface area contributed by atoms with Gasteiger partial charge in [-0.1, -0.05) is 0 Å². The molecule has 18 heavy (non-hydrogen) atoms. The van der Waals surface area contributed by atoms with Gasteiger partial charge in [-0.2, -0.15) is 0 Å². The number of hydrogen-bond acceptors (Lipinski definition) is 3. The third-order valence-corrected chi connectivity index (χ3v) is 2.63. The molecule has 2 rings (SSSR count). The molecule has 0 amide bonds. The summed E-state index contributed by atoms with van der Waals surface area (Å²) >= 11 is 0. The number of H-pyrrole nitrogens is 1. The number of aromatic carboxylic acids is 1. The fourth-order valence-corrected chi connectivity index (χ4v) is 1.74. The number of benzene rings is 1. The molecular formula is C12H14FN3O2. The number of fused-ring (bicyclic) bond motifs is 1. The summed E-state index contributed by atoms with van der Waals surface area (Å²) in [5, 5.41) is 9.01. The molecule has 0 bridgehead atoms. The fourth-order valence-electron chi connectivity index (χ4n) is 1.74. The van der Waals surface area contributed by atoms with Gasteiger partial charge in [0.15, 0.2) is 0 Å². The lowest BCUT2D eigenvalue weighted by Crippen LogP contribution is -2.15. The minimum atomic E-state index is -1.18. The van der Waals surface area contributed by atoms with Crippen LogP contribution in [0, 0.1) is 5.82 Å². The molecule has 1 aromatic carbocycles. The van der Waals surface area contributed by atoms with E-state index >= 15 is 0 Å². The molecule has 0 aliphatic rings. The molecule has 1 aromatic heterocycles. The van der Waals surface area contributed by atoms with Gasteiger partial charge >= 0.3 is 5.97 Å². The van der Waals surface area contributed by atoms with E-state index in [0.29, 0.717) is 23.3 Å². The Hall–Kier alpha value is -1.95. The maximum absolute atomic E-state index is 13.3. The van der Waals surface area contributed by atoms with Gasteiger partial charge in [0.05, 0.1) is 11.1 Å². The number of imidazole rings is 1. The summed E-state index contributed by atoms with van der Waals surface area (Å²) in [6.45, 7) is 0.782. The zero-order valence-corrected chi connectivity index (χ0v) is 10.2. The van der Waals surface area contributed by atoms with Crippen molar-refractivity contribution < 1.29 is 14.3 Å². The molecule has 0 atom stereocenters. The van der Waals surface area contributed by atoms with Crippen LogP contribution < -0.4 is 0 Å². The Bertz CT molecular complexity index is 592. The topological polar surface area (TPSA) is 69.2 Å². The fraction of sp³-hybridized carbons (Fsp3) is 0.333. The highest BCUT2D eigenvalue weighted by molar-refractivity contribution is 6.00. The number of carboxylic acids is 1. The number of aromatic nitrogens is 2. The average molecular weight is 251 g/mol. The molecule has 0 radical (unpaired) electrons. The van der Waals surface area contributed by atoms with Crippen LogP contribution in [0.4, 0.5) is 4.39 Å². The van der Waals surface area contributed by atoms with Crippen molar-refractivity contribution in [3.05, 3.63) is 29.3 Å². The van der Waals surface area contributed by atoms with Gasteiger partial charge in [0.25, 0.3) is 0 Å². The molecule has 2 aromatic rings. The Kier molecular flexibility index (Phi) is 3.29. The van der Waals surface area contributed by atoms with Crippen molar-refractivity contribution in [2.45, 2.75) is 6.42 Å². The van der Waals surface area contributed by atoms with Gasteiger partial charge in [-0.15, -0.1) is 0 Å². The van der Waals surface area contributed by atoms with Crippen molar-refractivity contribution in [2.24, 2.45) is 0 Å². The van der Waals surface area contributed by atoms with Gasteiger partial charge in [-0.05, 0) is 26.2 Å². The first-order valence-electron chi connectivity index (χ1n) is 5.53. The summed E-state index contributed by atoms with van der Waals surface area (Å²) < 4.78 is 13.3. The van der Waals surface area contributed by atoms with Gasteiger partial charge in [-0.25, -0.2) is 14.2 Å². The number of nitrogens with zero attached hydrogens (tertiary/aromatic N) is 2. The van der Waals surface area contributed by atoms with Crippen molar-refractivity contribution in [2.75, 3.05) is 20.6 Å². The second-order valence-corrected chi connectivity index (χ2v) is 4.39. The standard InChI is InChI=1S/C12H14FN3O2/c1-16(2)4-3-10-14-9-6-7(13)5-8(12(17)18)11(9)15-10/h5-6H,3-4H2,1-2H3,(H,14,15)(H,17,18). The lowest BCUT2D eigenvalue weighted by atomic mass is 10.2. The monoisotopic (exact) mass is 251 g/mol. The molecule has 5 nitrogen and oxygen atoms in total. The molecule has 0 aliphatic heterocycles. The third kappa shape index (κ3) is 2.48. The SMILES string of the molecule is CN(C)CCc1nc2c(C(=O)O)cc(F)cc2[nH]1. The molecular weight excluding hydrogens is 237 g/mol. The van der Waals surface area contributed by atoms with Crippen LogP contribution in [-0.4, -0.2) is 46.6 Å². The highest BCUT2D eigenvalue weighted by atomic mass is 19.1. The second kappa shape index (κ2) is 4.73. The van der Waals surface area contributed by atoms with E-state index in [9.17, 15) is 9.18 Å². The Morgan fingerprint density at radius 2 is 2.22 bits per heavy atom. The highest BCUT2D eigenvalue weighted by Gasteiger charge is 2.14. The number of likely N-dealkylation sites (N-methyl/N-ethyl adjacent to an activating group) is 1. The number of hydrogen-bond donors (Lipinski definition) is 2. The molecule has 1 heterocycles. The van der Waals surface area contributed by atoms with Crippen LogP contribution in [-0.2, 0) is 6.42 Å². The van der Waals surface area contributed by atoms with E-state index in [-0.39, 0.29) is 5.56 Å². The molecule has 0 spiro atoms. The lowest BCUT2D eigenvalue weighted by Gasteiger charge is -2.06. The highest BCUT2D eigenvalue weighted by Crippen LogP contribution is 2.19. The van der Waals surface area contributed by atoms with Gasteiger partial charge in [0, 0.05) is 13.0 Å². The normalized spacial score (nSPS) is 11.3. The maximum atomic E-state index is 13.3. The zero-order valence-electron chi connectivity index (χ0n) is 10.2. The summed E-state index contributed by atoms with van der Waals surface area (Å²) in [6, 6.07) is 2.25. The number of carboxylic acid groups (broad SMARTS) is 1. The van der Waals surface area contributed by atoms with Gasteiger partial charge < -0.3 is 15.0 Å². The Morgan fingerprint density at radius 3 is 2.83 bits per heavy atom. The summed E-state index contributed by atoms with van der Waals surface area (Å²) in [6.07, 6.45) is 0.655. The number of carbonyl (C=O) groups is 1. The smallest absolute Gasteiger partial charge is 0.338 e. The molecule has 2 N–H and O–H groups in total. The Labute approximate surface area is 103 Å². The third-order valence-electron chi connectivity index (χ3n) is 2.63. The number of nitrogens with one attached hydrogen (secondary N) is 1. The van der Waals surface area contributed by atoms with Gasteiger partial charge in [-0.3, -0.25) is 0 Å². The van der Waals surface area contributed by atoms with Crippen LogP contribution in [0.3, 0.4) is 0 Å². The molecule has 0 saturated carbocycles. The molecule has 0 fully saturated rings. The van der Waals surface area contributed by atoms with Gasteiger partial charge in [0.1, 0.15) is 17.2 Å². The lowest BCUT2D eigenvalue weighted by molar-refractivity contribution is 0.0698. The van der Waals surface area contributed by atoms with Crippen LogP contribution in [0.25, 0.3) is 11.0 Å². The predicted octanol–water partition coefficient (Wildman–Crippen LogP) is 1.50. The van der Waals surface area contributed by atoms with Crippen molar-refractivity contribution in [3.8, 4) is 0 Å². The first-order valence-corrected chi connectivity index (χ1v) is 5.53. The van der Waals surface area contributed by atoms with Crippen molar-refractivity contribution in [3.63, 3.8) is 0 Å². The Morgan fingerprint density at radius 1 is 1.50 bits per heavy atom. The summed E-state index contributed by atoms with van der Waals surface area (Å²) in [5.74, 6) is -1.10. The first-order chi connectivity index (χ1) is 8.47. The minimum Gasteiger partial charge on any atom is -0.478 e. The van der Waals surface area contributed by atoms with E-state index in [1.807, 2.05) is 19.0 Å². The zero-order chi connectivity index (χ0) is 13.3. The number of aromatic amines is 1. The quantitative estimate of drug-likeness (QED) is 0.864. The van der Waals surface area contributed by atoms with Crippen LogP contribution >= 0.6 is 0 Å². The first kappa shape index (κ1) is 12.5. The van der Waals surface area contributed by atoms with Crippen LogP contribution in [0.15, 0.2) is 12.1 Å². The average Bonchev–Trinajstić information content (AvgIpc) is 2.67. The van der Waals surface area contributed by atoms with E-state index < -0.39 is 11.8 Å². The van der Waals surface area contributed by atoms with E-state index in [0.717, 1.165) is 12.6 Å². The van der Waals surface area contributed by atoms with Gasteiger partial charge in [0.2, 0.25) is 0 Å². The minimum absolute atomic E-state index is 0.114. The maximum Gasteiger partial charge on any atom is 0.338 e. The molecule has 0 unspecified atom stereocenters. The molecule has 0 aliphatic carbocycles. The van der Waals surface area contributed by atoms with Crippen LogP contribution in [0.1, 0.15) is 16.2 Å². The van der Waals surface area contributed by atoms with E-state index in [2.05, 4.69) is 9.97 Å². The van der Waals surface area contributed by atoms with Crippen molar-refractivity contribution >= 4 is 17.0 Å². The number of rotatable bonds is 4. The molecule has 6 heteroatoms. The van der Waals surface area contributed by atoms with Crippen molar-refractivity contribution in [1.29, 1.82) is 0 Å². The summed E-state index contributed by atoms with van der Waals surface area (Å²) in [4.78, 5) is 20.2. The van der Waals surface area contributed by atoms with Crippen molar-refractivity contribution in [1.82, 2.24) is 14.9 Å². The molecule has 96 valence electrons. The van der Waals surface area contributed by atoms with Crippen LogP contribution in [0.2, 0.25) is 0 Å². The summed E-state index contributed by atoms with van der Waals surface area (Å²) in [5.41, 5.74) is 0.608. The molecule has 0 saturated heterocycles. The van der Waals surface area contributed by atoms with E-state index in [4.69, 9.17) is 5.11 Å². The van der Waals surface area contributed by atoms with E-state index in [1.54, 1.807) is 0 Å². The largest absolute Gasteiger partial charge is 0.478 e. The van der Waals surface area contributed by atoms with Crippen LogP contribution in [0.5, 0.6) is 0 Å². The number of halogens is 1. The van der Waals surface area contributed by atoms with E-state index in [1.165, 1.54) is 6.07 Å². The second-order valence-electron chi connectivity index (χ2n) is 4.39. The predicted molar refractivity (Wildman–Crippen MR) is 65.3 cm³/mol. The summed E-state index contributed by atoms with van der Waals surface area (Å²) in [7, 11) is 3.87.